The number of benzene rings is 1. The minimum atomic E-state index is -3.79. The molecule has 1 aromatic rings. The summed E-state index contributed by atoms with van der Waals surface area (Å²) in [6, 6.07) is 5.78. The van der Waals surface area contributed by atoms with Gasteiger partial charge >= 0.3 is 0 Å². The Balaban J connectivity index is 2.78. The van der Waals surface area contributed by atoms with Crippen LogP contribution in [0.4, 0.5) is 0 Å². The van der Waals surface area contributed by atoms with E-state index in [0.717, 1.165) is 12.8 Å². The number of carbonyl (C=O) groups excluding carboxylic acids is 1. The number of carbonyl (C=O) groups is 1. The summed E-state index contributed by atoms with van der Waals surface area (Å²) in [5.74, 6) is 0.243. The lowest BCUT2D eigenvalue weighted by atomic mass is 10.0. The highest BCUT2D eigenvalue weighted by Gasteiger charge is 2.14. The highest BCUT2D eigenvalue weighted by atomic mass is 32.2. The van der Waals surface area contributed by atoms with Crippen molar-refractivity contribution >= 4 is 15.9 Å². The number of rotatable bonds is 6. The maximum Gasteiger partial charge on any atom is 0.251 e. The van der Waals surface area contributed by atoms with Crippen LogP contribution in [-0.4, -0.2) is 20.4 Å². The van der Waals surface area contributed by atoms with Crippen LogP contribution in [0.2, 0.25) is 0 Å². The van der Waals surface area contributed by atoms with Crippen molar-refractivity contribution in [3.8, 4) is 0 Å². The van der Waals surface area contributed by atoms with Gasteiger partial charge in [0.2, 0.25) is 10.0 Å². The van der Waals surface area contributed by atoms with Crippen LogP contribution < -0.4 is 10.5 Å². The first kappa shape index (κ1) is 16.7. The Bertz CT molecular complexity index is 570. The number of nitrogens with two attached hydrogens (primary N) is 1. The third-order valence-electron chi connectivity index (χ3n) is 3.26. The van der Waals surface area contributed by atoms with Crippen LogP contribution in [0.1, 0.15) is 44.0 Å². The fourth-order valence-electron chi connectivity index (χ4n) is 1.95. The molecule has 0 fully saturated rings. The topological polar surface area (TPSA) is 89.3 Å². The molecule has 0 saturated heterocycles. The van der Waals surface area contributed by atoms with Gasteiger partial charge in [-0.1, -0.05) is 26.3 Å². The average Bonchev–Trinajstić information content (AvgIpc) is 2.37. The predicted octanol–water partition coefficient (Wildman–Crippen LogP) is 1.89. The van der Waals surface area contributed by atoms with E-state index in [1.807, 2.05) is 6.92 Å². The molecule has 0 heterocycles. The zero-order valence-corrected chi connectivity index (χ0v) is 12.9. The number of sulfonamides is 1. The fourth-order valence-corrected chi connectivity index (χ4v) is 2.51. The number of hydrogen-bond acceptors (Lipinski definition) is 3. The zero-order chi connectivity index (χ0) is 15.3. The van der Waals surface area contributed by atoms with Gasteiger partial charge in [0.25, 0.3) is 5.91 Å². The second-order valence-corrected chi connectivity index (χ2v) is 6.76. The Labute approximate surface area is 120 Å². The van der Waals surface area contributed by atoms with Gasteiger partial charge in [-0.05, 0) is 37.5 Å². The molecule has 112 valence electrons. The SMILES string of the molecule is CCC(C)CC(C)NC(=O)c1cccc(S(N)(=O)=O)c1. The van der Waals surface area contributed by atoms with E-state index in [0.29, 0.717) is 11.5 Å². The molecule has 0 radical (unpaired) electrons. The molecule has 1 amide bonds. The van der Waals surface area contributed by atoms with Crippen LogP contribution in [0.25, 0.3) is 0 Å². The molecule has 0 aromatic heterocycles. The molecule has 0 aliphatic carbocycles. The summed E-state index contributed by atoms with van der Waals surface area (Å²) in [6.07, 6.45) is 1.94. The Kier molecular flexibility index (Phi) is 5.71. The van der Waals surface area contributed by atoms with E-state index in [-0.39, 0.29) is 16.8 Å². The van der Waals surface area contributed by atoms with Crippen molar-refractivity contribution in [2.45, 2.75) is 44.6 Å². The van der Waals surface area contributed by atoms with Gasteiger partial charge in [-0.2, -0.15) is 0 Å². The van der Waals surface area contributed by atoms with E-state index in [1.165, 1.54) is 18.2 Å². The molecule has 1 rings (SSSR count). The number of primary sulfonamides is 1. The van der Waals surface area contributed by atoms with Crippen molar-refractivity contribution in [1.29, 1.82) is 0 Å². The summed E-state index contributed by atoms with van der Waals surface area (Å²) in [5, 5.41) is 7.92. The average molecular weight is 298 g/mol. The molecule has 1 aromatic carbocycles. The third kappa shape index (κ3) is 4.94. The molecule has 6 heteroatoms. The van der Waals surface area contributed by atoms with Crippen LogP contribution in [0.5, 0.6) is 0 Å². The number of amides is 1. The van der Waals surface area contributed by atoms with E-state index in [2.05, 4.69) is 19.2 Å². The Morgan fingerprint density at radius 1 is 1.35 bits per heavy atom. The largest absolute Gasteiger partial charge is 0.350 e. The van der Waals surface area contributed by atoms with E-state index < -0.39 is 10.0 Å². The van der Waals surface area contributed by atoms with Crippen LogP contribution in [0, 0.1) is 5.92 Å². The predicted molar refractivity (Wildman–Crippen MR) is 78.8 cm³/mol. The molecule has 0 aliphatic rings. The molecule has 0 aliphatic heterocycles. The Morgan fingerprint density at radius 3 is 2.55 bits per heavy atom. The van der Waals surface area contributed by atoms with Gasteiger partial charge in [0, 0.05) is 11.6 Å². The highest BCUT2D eigenvalue weighted by Crippen LogP contribution is 2.12. The maximum atomic E-state index is 12.1. The quantitative estimate of drug-likeness (QED) is 0.840. The maximum absolute atomic E-state index is 12.1. The monoisotopic (exact) mass is 298 g/mol. The fraction of sp³-hybridized carbons (Fsp3) is 0.500. The van der Waals surface area contributed by atoms with Crippen LogP contribution in [0.15, 0.2) is 29.2 Å². The summed E-state index contributed by atoms with van der Waals surface area (Å²) in [7, 11) is -3.79. The van der Waals surface area contributed by atoms with Crippen molar-refractivity contribution in [2.24, 2.45) is 11.1 Å². The van der Waals surface area contributed by atoms with Crippen molar-refractivity contribution in [3.63, 3.8) is 0 Å². The third-order valence-corrected chi connectivity index (χ3v) is 4.17. The first-order valence-electron chi connectivity index (χ1n) is 6.67. The van der Waals surface area contributed by atoms with Crippen molar-refractivity contribution in [1.82, 2.24) is 5.32 Å². The lowest BCUT2D eigenvalue weighted by Gasteiger charge is -2.17. The van der Waals surface area contributed by atoms with Crippen LogP contribution >= 0.6 is 0 Å². The smallest absolute Gasteiger partial charge is 0.251 e. The Morgan fingerprint density at radius 2 is 2.00 bits per heavy atom. The summed E-state index contributed by atoms with van der Waals surface area (Å²) in [6.45, 7) is 6.17. The van der Waals surface area contributed by atoms with E-state index in [9.17, 15) is 13.2 Å². The Hall–Kier alpha value is -1.40. The van der Waals surface area contributed by atoms with Gasteiger partial charge in [0.1, 0.15) is 0 Å². The van der Waals surface area contributed by atoms with Crippen molar-refractivity contribution in [2.75, 3.05) is 0 Å². The molecular formula is C14H22N2O3S. The first-order chi connectivity index (χ1) is 9.24. The number of nitrogens with one attached hydrogen (secondary N) is 1. The van der Waals surface area contributed by atoms with Crippen molar-refractivity contribution in [3.05, 3.63) is 29.8 Å². The molecule has 2 atom stereocenters. The molecule has 0 bridgehead atoms. The summed E-state index contributed by atoms with van der Waals surface area (Å²) in [5.41, 5.74) is 0.299. The molecule has 0 spiro atoms. The van der Waals surface area contributed by atoms with E-state index >= 15 is 0 Å². The van der Waals surface area contributed by atoms with Gasteiger partial charge in [-0.15, -0.1) is 0 Å². The van der Waals surface area contributed by atoms with Crippen LogP contribution in [-0.2, 0) is 10.0 Å². The minimum Gasteiger partial charge on any atom is -0.350 e. The van der Waals surface area contributed by atoms with Crippen molar-refractivity contribution < 1.29 is 13.2 Å². The summed E-state index contributed by atoms with van der Waals surface area (Å²) in [4.78, 5) is 12.0. The standard InChI is InChI=1S/C14H22N2O3S/c1-4-10(2)8-11(3)16-14(17)12-6-5-7-13(9-12)20(15,18)19/h5-7,9-11H,4,8H2,1-3H3,(H,16,17)(H2,15,18,19). The van der Waals surface area contributed by atoms with E-state index in [4.69, 9.17) is 5.14 Å². The van der Waals surface area contributed by atoms with Gasteiger partial charge in [0.05, 0.1) is 4.90 Å². The summed E-state index contributed by atoms with van der Waals surface area (Å²) < 4.78 is 22.5. The van der Waals surface area contributed by atoms with Gasteiger partial charge in [-0.3, -0.25) is 4.79 Å². The van der Waals surface area contributed by atoms with Gasteiger partial charge < -0.3 is 5.32 Å². The second kappa shape index (κ2) is 6.85. The molecule has 2 unspecified atom stereocenters. The summed E-state index contributed by atoms with van der Waals surface area (Å²) >= 11 is 0. The van der Waals surface area contributed by atoms with E-state index in [1.54, 1.807) is 6.07 Å². The van der Waals surface area contributed by atoms with Crippen LogP contribution in [0.3, 0.4) is 0 Å². The van der Waals surface area contributed by atoms with Gasteiger partial charge in [-0.25, -0.2) is 13.6 Å². The molecule has 20 heavy (non-hydrogen) atoms. The number of hydrogen-bond donors (Lipinski definition) is 2. The molecule has 0 saturated carbocycles. The second-order valence-electron chi connectivity index (χ2n) is 5.20. The molecule has 3 N–H and O–H groups in total. The first-order valence-corrected chi connectivity index (χ1v) is 8.22. The molecule has 5 nitrogen and oxygen atoms in total. The van der Waals surface area contributed by atoms with Gasteiger partial charge in [0.15, 0.2) is 0 Å². The lowest BCUT2D eigenvalue weighted by molar-refractivity contribution is 0.0935. The zero-order valence-electron chi connectivity index (χ0n) is 12.1. The molecular weight excluding hydrogens is 276 g/mol. The highest BCUT2D eigenvalue weighted by molar-refractivity contribution is 7.89. The normalized spacial score (nSPS) is 14.6. The minimum absolute atomic E-state index is 0.0376. The lowest BCUT2D eigenvalue weighted by Crippen LogP contribution is -2.33.